The van der Waals surface area contributed by atoms with Crippen LogP contribution in [0, 0.1) is 28.6 Å². The summed E-state index contributed by atoms with van der Waals surface area (Å²) in [5.41, 5.74) is 4.09. The number of benzene rings is 1. The molecule has 1 aromatic carbocycles. The van der Waals surface area contributed by atoms with Crippen LogP contribution in [0.3, 0.4) is 0 Å². The van der Waals surface area contributed by atoms with Gasteiger partial charge in [0.15, 0.2) is 0 Å². The van der Waals surface area contributed by atoms with Crippen molar-refractivity contribution in [2.75, 3.05) is 5.75 Å². The van der Waals surface area contributed by atoms with E-state index in [0.717, 1.165) is 29.6 Å². The summed E-state index contributed by atoms with van der Waals surface area (Å²) in [7, 11) is 0. The minimum absolute atomic E-state index is 0.101. The van der Waals surface area contributed by atoms with E-state index in [1.54, 1.807) is 5.57 Å². The Hall–Kier alpha value is -1.03. The number of aliphatic hydroxyl groups is 2. The van der Waals surface area contributed by atoms with Gasteiger partial charge in [-0.05, 0) is 124 Å². The van der Waals surface area contributed by atoms with Crippen molar-refractivity contribution in [1.29, 1.82) is 0 Å². The van der Waals surface area contributed by atoms with Crippen molar-refractivity contribution >= 4 is 11.8 Å². The highest BCUT2D eigenvalue weighted by atomic mass is 32.2. The Bertz CT molecular complexity index is 982. The van der Waals surface area contributed by atoms with E-state index in [2.05, 4.69) is 44.2 Å². The second-order valence-electron chi connectivity index (χ2n) is 13.1. The number of fused-ring (bicyclic) bond motifs is 1. The first-order valence-electron chi connectivity index (χ1n) is 14.1. The molecule has 0 bridgehead atoms. The molecule has 4 fully saturated rings. The van der Waals surface area contributed by atoms with Crippen molar-refractivity contribution in [1.82, 2.24) is 0 Å². The summed E-state index contributed by atoms with van der Waals surface area (Å²) in [5, 5.41) is 21.0. The third-order valence-corrected chi connectivity index (χ3v) is 11.6. The van der Waals surface area contributed by atoms with Gasteiger partial charge in [-0.3, -0.25) is 0 Å². The molecule has 4 aliphatic carbocycles. The Morgan fingerprint density at radius 1 is 1.11 bits per heavy atom. The summed E-state index contributed by atoms with van der Waals surface area (Å²) < 4.78 is 0. The Balaban J connectivity index is 1.23. The van der Waals surface area contributed by atoms with Crippen LogP contribution in [0.1, 0.15) is 97.5 Å². The lowest BCUT2D eigenvalue weighted by molar-refractivity contribution is 0.0727. The van der Waals surface area contributed by atoms with Crippen LogP contribution in [0.4, 0.5) is 0 Å². The monoisotopic (exact) mass is 494 g/mol. The third kappa shape index (κ3) is 5.20. The Morgan fingerprint density at radius 3 is 2.63 bits per heavy atom. The van der Waals surface area contributed by atoms with Crippen LogP contribution in [-0.2, 0) is 5.60 Å². The molecule has 3 heteroatoms. The van der Waals surface area contributed by atoms with Crippen molar-refractivity contribution in [3.8, 4) is 0 Å². The fourth-order valence-corrected chi connectivity index (χ4v) is 8.86. The van der Waals surface area contributed by atoms with Crippen molar-refractivity contribution in [3.05, 3.63) is 53.1 Å². The van der Waals surface area contributed by atoms with Crippen LogP contribution in [-0.4, -0.2) is 22.1 Å². The molecule has 5 rings (SSSR count). The lowest BCUT2D eigenvalue weighted by Gasteiger charge is -2.44. The maximum Gasteiger partial charge on any atom is 0.0840 e. The van der Waals surface area contributed by atoms with E-state index < -0.39 is 5.60 Å². The van der Waals surface area contributed by atoms with Gasteiger partial charge in [0, 0.05) is 10.6 Å². The van der Waals surface area contributed by atoms with Gasteiger partial charge in [0.25, 0.3) is 0 Å². The molecule has 1 spiro atoms. The summed E-state index contributed by atoms with van der Waals surface area (Å²) in [6.45, 7) is 8.79. The fourth-order valence-electron chi connectivity index (χ4n) is 7.79. The molecule has 2 nitrogen and oxygen atoms in total. The molecule has 192 valence electrons. The highest BCUT2D eigenvalue weighted by molar-refractivity contribution is 7.99. The molecule has 0 amide bonds. The average molecular weight is 495 g/mol. The van der Waals surface area contributed by atoms with Gasteiger partial charge in [0.1, 0.15) is 0 Å². The van der Waals surface area contributed by atoms with Crippen molar-refractivity contribution in [2.45, 2.75) is 109 Å². The zero-order valence-electron chi connectivity index (χ0n) is 22.4. The van der Waals surface area contributed by atoms with E-state index in [0.29, 0.717) is 16.7 Å². The molecule has 2 N–H and O–H groups in total. The first-order valence-corrected chi connectivity index (χ1v) is 15.1. The van der Waals surface area contributed by atoms with Gasteiger partial charge in [-0.2, -0.15) is 0 Å². The third-order valence-electron chi connectivity index (χ3n) is 10.3. The molecule has 4 saturated carbocycles. The smallest absolute Gasteiger partial charge is 0.0840 e. The summed E-state index contributed by atoms with van der Waals surface area (Å²) in [4.78, 5) is 1.27. The molecule has 0 aliphatic heterocycles. The number of aliphatic hydroxyl groups excluding tert-OH is 1. The number of allylic oxidation sites excluding steroid dienone is 3. The SMILES string of the molecule is CC(CSc1cccc(C(C)(C)O)c1)C1CCC2C(=CC=C3CCC4(CC4)C(O)C3)CCCC21C. The molecule has 35 heavy (non-hydrogen) atoms. The molecule has 5 unspecified atom stereocenters. The van der Waals surface area contributed by atoms with Gasteiger partial charge < -0.3 is 10.2 Å². The summed E-state index contributed by atoms with van der Waals surface area (Å²) in [5.74, 6) is 3.33. The second kappa shape index (κ2) is 9.69. The summed E-state index contributed by atoms with van der Waals surface area (Å²) in [6.07, 6.45) is 17.2. The van der Waals surface area contributed by atoms with Gasteiger partial charge in [0.05, 0.1) is 11.7 Å². The van der Waals surface area contributed by atoms with Crippen LogP contribution >= 0.6 is 11.8 Å². The maximum atomic E-state index is 10.6. The first-order chi connectivity index (χ1) is 16.6. The zero-order chi connectivity index (χ0) is 24.8. The van der Waals surface area contributed by atoms with Crippen molar-refractivity contribution in [3.63, 3.8) is 0 Å². The number of rotatable bonds is 6. The molecular weight excluding hydrogens is 448 g/mol. The van der Waals surface area contributed by atoms with Crippen LogP contribution in [0.25, 0.3) is 0 Å². The first kappa shape index (κ1) is 25.6. The van der Waals surface area contributed by atoms with E-state index in [1.807, 2.05) is 31.7 Å². The Labute approximate surface area is 217 Å². The van der Waals surface area contributed by atoms with Gasteiger partial charge >= 0.3 is 0 Å². The minimum atomic E-state index is -0.788. The quantitative estimate of drug-likeness (QED) is 0.393. The van der Waals surface area contributed by atoms with Crippen LogP contribution in [0.15, 0.2) is 52.5 Å². The number of hydrogen-bond acceptors (Lipinski definition) is 3. The number of thioether (sulfide) groups is 1. The van der Waals surface area contributed by atoms with Gasteiger partial charge in [-0.15, -0.1) is 11.8 Å². The van der Waals surface area contributed by atoms with Crippen molar-refractivity contribution < 1.29 is 10.2 Å². The molecule has 0 saturated heterocycles. The Kier molecular flexibility index (Phi) is 7.09. The molecule has 5 atom stereocenters. The van der Waals surface area contributed by atoms with Gasteiger partial charge in [0.2, 0.25) is 0 Å². The second-order valence-corrected chi connectivity index (χ2v) is 14.2. The van der Waals surface area contributed by atoms with E-state index in [4.69, 9.17) is 0 Å². The van der Waals surface area contributed by atoms with Gasteiger partial charge in [-0.25, -0.2) is 0 Å². The molecular formula is C32H46O2S. The molecule has 0 radical (unpaired) electrons. The summed E-state index contributed by atoms with van der Waals surface area (Å²) in [6, 6.07) is 8.46. The molecule has 4 aliphatic rings. The summed E-state index contributed by atoms with van der Waals surface area (Å²) >= 11 is 1.96. The maximum absolute atomic E-state index is 10.6. The van der Waals surface area contributed by atoms with Crippen LogP contribution < -0.4 is 0 Å². The van der Waals surface area contributed by atoms with Crippen LogP contribution in [0.5, 0.6) is 0 Å². The Morgan fingerprint density at radius 2 is 1.91 bits per heavy atom. The van der Waals surface area contributed by atoms with E-state index in [9.17, 15) is 10.2 Å². The van der Waals surface area contributed by atoms with Crippen molar-refractivity contribution in [2.24, 2.45) is 28.6 Å². The highest BCUT2D eigenvalue weighted by Gasteiger charge is 2.51. The fraction of sp³-hybridized carbons (Fsp3) is 0.688. The molecule has 0 aromatic heterocycles. The molecule has 0 heterocycles. The number of hydrogen-bond donors (Lipinski definition) is 2. The van der Waals surface area contributed by atoms with E-state index >= 15 is 0 Å². The minimum Gasteiger partial charge on any atom is -0.392 e. The largest absolute Gasteiger partial charge is 0.392 e. The lowest BCUT2D eigenvalue weighted by atomic mass is 9.61. The average Bonchev–Trinajstić information content (AvgIpc) is 3.51. The predicted octanol–water partition coefficient (Wildman–Crippen LogP) is 8.04. The molecule has 1 aromatic rings. The van der Waals surface area contributed by atoms with E-state index in [1.165, 1.54) is 68.3 Å². The zero-order valence-corrected chi connectivity index (χ0v) is 23.2. The standard InChI is InChI=1S/C32H46O2S/c1-22(21-35-26-9-5-8-25(20-26)30(2,3)34)27-12-13-28-24(7-6-15-31(27,28)4)11-10-23-14-16-32(17-18-32)29(33)19-23/h5,8-11,20,22,27-29,33-34H,6-7,12-19,21H2,1-4H3. The normalized spacial score (nSPS) is 35.4. The van der Waals surface area contributed by atoms with E-state index in [-0.39, 0.29) is 6.10 Å². The lowest BCUT2D eigenvalue weighted by Crippen LogP contribution is -2.36. The predicted molar refractivity (Wildman–Crippen MR) is 147 cm³/mol. The highest BCUT2D eigenvalue weighted by Crippen LogP contribution is 2.60. The topological polar surface area (TPSA) is 40.5 Å². The van der Waals surface area contributed by atoms with Crippen LogP contribution in [0.2, 0.25) is 0 Å². The van der Waals surface area contributed by atoms with Gasteiger partial charge in [-0.1, -0.05) is 49.3 Å².